The van der Waals surface area contributed by atoms with Crippen LogP contribution in [0.5, 0.6) is 0 Å². The summed E-state index contributed by atoms with van der Waals surface area (Å²) in [4.78, 5) is 23.4. The maximum absolute atomic E-state index is 12.2. The number of amides is 1. The molecule has 2 aromatic rings. The van der Waals surface area contributed by atoms with E-state index in [1.54, 1.807) is 24.4 Å². The fourth-order valence-corrected chi connectivity index (χ4v) is 2.29. The Morgan fingerprint density at radius 2 is 2.22 bits per heavy atom. The second-order valence-electron chi connectivity index (χ2n) is 5.16. The topological polar surface area (TPSA) is 84.2 Å². The first-order valence-corrected chi connectivity index (χ1v) is 7.73. The average Bonchev–Trinajstić information content (AvgIpc) is 3.01. The normalized spacial score (nSPS) is 11.9. The number of carboxylic acids is 1. The number of halogens is 1. The lowest BCUT2D eigenvalue weighted by Gasteiger charge is -2.13. The van der Waals surface area contributed by atoms with Crippen molar-refractivity contribution in [3.63, 3.8) is 0 Å². The van der Waals surface area contributed by atoms with Gasteiger partial charge < -0.3 is 10.4 Å². The second-order valence-corrected chi connectivity index (χ2v) is 5.60. The number of carbonyl (C=O) groups excluding carboxylic acids is 1. The molecule has 1 heterocycles. The first-order valence-electron chi connectivity index (χ1n) is 7.35. The van der Waals surface area contributed by atoms with Gasteiger partial charge in [-0.3, -0.25) is 4.79 Å². The Kier molecular flexibility index (Phi) is 5.76. The molecule has 7 heteroatoms. The standard InChI is InChI=1S/C16H18ClN3O3/c1-2-3-7-14(16(22)23)19-15(21)11-9-18-20(10-11)13-6-4-5-12(17)8-13/h4-6,8-10,14H,2-3,7H2,1H3,(H,19,21)(H,22,23)/t14-/m0/s1. The number of unbranched alkanes of at least 4 members (excludes halogenated alkanes) is 1. The van der Waals surface area contributed by atoms with Gasteiger partial charge in [0.1, 0.15) is 6.04 Å². The van der Waals surface area contributed by atoms with Crippen LogP contribution in [0.25, 0.3) is 5.69 Å². The number of rotatable bonds is 7. The highest BCUT2D eigenvalue weighted by Crippen LogP contribution is 2.14. The van der Waals surface area contributed by atoms with Crippen LogP contribution in [0.4, 0.5) is 0 Å². The molecule has 6 nitrogen and oxygen atoms in total. The minimum absolute atomic E-state index is 0.299. The van der Waals surface area contributed by atoms with E-state index in [2.05, 4.69) is 10.4 Å². The predicted octanol–water partition coefficient (Wildman–Crippen LogP) is 2.90. The van der Waals surface area contributed by atoms with E-state index in [9.17, 15) is 9.59 Å². The third kappa shape index (κ3) is 4.56. The number of carbonyl (C=O) groups is 2. The smallest absolute Gasteiger partial charge is 0.326 e. The van der Waals surface area contributed by atoms with Gasteiger partial charge in [0.05, 0.1) is 17.4 Å². The summed E-state index contributed by atoms with van der Waals surface area (Å²) < 4.78 is 1.52. The van der Waals surface area contributed by atoms with Crippen LogP contribution in [0.1, 0.15) is 36.5 Å². The second kappa shape index (κ2) is 7.78. The molecule has 0 saturated heterocycles. The molecule has 0 spiro atoms. The van der Waals surface area contributed by atoms with Gasteiger partial charge in [-0.2, -0.15) is 5.10 Å². The van der Waals surface area contributed by atoms with Gasteiger partial charge in [0, 0.05) is 11.2 Å². The summed E-state index contributed by atoms with van der Waals surface area (Å²) >= 11 is 5.93. The number of aromatic nitrogens is 2. The van der Waals surface area contributed by atoms with Crippen LogP contribution >= 0.6 is 11.6 Å². The third-order valence-corrected chi connectivity index (χ3v) is 3.60. The maximum atomic E-state index is 12.2. The van der Waals surface area contributed by atoms with Crippen LogP contribution in [-0.4, -0.2) is 32.8 Å². The quantitative estimate of drug-likeness (QED) is 0.814. The molecule has 0 aliphatic heterocycles. The zero-order valence-electron chi connectivity index (χ0n) is 12.7. The number of nitrogens with one attached hydrogen (secondary N) is 1. The number of hydrogen-bond donors (Lipinski definition) is 2. The average molecular weight is 336 g/mol. The molecule has 0 bridgehead atoms. The van der Waals surface area contributed by atoms with Crippen LogP contribution in [0, 0.1) is 0 Å². The first-order chi connectivity index (χ1) is 11.0. The van der Waals surface area contributed by atoms with Crippen molar-refractivity contribution in [3.8, 4) is 5.69 Å². The van der Waals surface area contributed by atoms with Gasteiger partial charge in [-0.25, -0.2) is 9.48 Å². The Morgan fingerprint density at radius 3 is 2.87 bits per heavy atom. The molecular weight excluding hydrogens is 318 g/mol. The zero-order valence-corrected chi connectivity index (χ0v) is 13.5. The Morgan fingerprint density at radius 1 is 1.43 bits per heavy atom. The lowest BCUT2D eigenvalue weighted by Crippen LogP contribution is -2.40. The molecule has 0 aliphatic rings. The van der Waals surface area contributed by atoms with Crippen molar-refractivity contribution < 1.29 is 14.7 Å². The van der Waals surface area contributed by atoms with Crippen molar-refractivity contribution in [1.29, 1.82) is 0 Å². The molecule has 23 heavy (non-hydrogen) atoms. The van der Waals surface area contributed by atoms with Crippen molar-refractivity contribution in [1.82, 2.24) is 15.1 Å². The lowest BCUT2D eigenvalue weighted by molar-refractivity contribution is -0.139. The Hall–Kier alpha value is -2.34. The van der Waals surface area contributed by atoms with Crippen molar-refractivity contribution >= 4 is 23.5 Å². The fourth-order valence-electron chi connectivity index (χ4n) is 2.11. The molecule has 0 unspecified atom stereocenters. The summed E-state index contributed by atoms with van der Waals surface area (Å²) in [6, 6.07) is 6.16. The van der Waals surface area contributed by atoms with Gasteiger partial charge in [0.25, 0.3) is 5.91 Å². The number of carboxylic acid groups (broad SMARTS) is 1. The third-order valence-electron chi connectivity index (χ3n) is 3.37. The van der Waals surface area contributed by atoms with E-state index in [-0.39, 0.29) is 0 Å². The van der Waals surface area contributed by atoms with Crippen LogP contribution in [0.3, 0.4) is 0 Å². The van der Waals surface area contributed by atoms with Crippen molar-refractivity contribution in [2.24, 2.45) is 0 Å². The van der Waals surface area contributed by atoms with E-state index < -0.39 is 17.9 Å². The molecule has 0 fully saturated rings. The largest absolute Gasteiger partial charge is 0.480 e. The summed E-state index contributed by atoms with van der Waals surface area (Å²) in [5, 5.41) is 16.4. The zero-order chi connectivity index (χ0) is 16.8. The van der Waals surface area contributed by atoms with Gasteiger partial charge in [-0.1, -0.05) is 37.4 Å². The SMILES string of the molecule is CCCC[C@H](NC(=O)c1cnn(-c2cccc(Cl)c2)c1)C(=O)O. The monoisotopic (exact) mass is 335 g/mol. The van der Waals surface area contributed by atoms with E-state index in [1.807, 2.05) is 13.0 Å². The maximum Gasteiger partial charge on any atom is 0.326 e. The first kappa shape index (κ1) is 17.0. The number of nitrogens with zero attached hydrogens (tertiary/aromatic N) is 2. The van der Waals surface area contributed by atoms with E-state index >= 15 is 0 Å². The van der Waals surface area contributed by atoms with E-state index in [0.717, 1.165) is 18.5 Å². The van der Waals surface area contributed by atoms with Gasteiger partial charge in [0.2, 0.25) is 0 Å². The molecule has 0 aliphatic carbocycles. The van der Waals surface area contributed by atoms with E-state index in [0.29, 0.717) is 17.0 Å². The summed E-state index contributed by atoms with van der Waals surface area (Å²) in [5.74, 6) is -1.49. The number of aliphatic carboxylic acids is 1. The number of benzene rings is 1. The molecule has 1 amide bonds. The van der Waals surface area contributed by atoms with E-state index in [4.69, 9.17) is 16.7 Å². The highest BCUT2D eigenvalue weighted by Gasteiger charge is 2.20. The van der Waals surface area contributed by atoms with Crippen LogP contribution in [-0.2, 0) is 4.79 Å². The van der Waals surface area contributed by atoms with Gasteiger partial charge in [-0.15, -0.1) is 0 Å². The summed E-state index contributed by atoms with van der Waals surface area (Å²) in [6.45, 7) is 1.97. The van der Waals surface area contributed by atoms with Gasteiger partial charge in [-0.05, 0) is 24.6 Å². The Balaban J connectivity index is 2.10. The Bertz CT molecular complexity index is 699. The molecule has 1 aromatic heterocycles. The summed E-state index contributed by atoms with van der Waals surface area (Å²) in [6.07, 6.45) is 4.94. The van der Waals surface area contributed by atoms with Crippen molar-refractivity contribution in [3.05, 3.63) is 47.2 Å². The molecule has 2 N–H and O–H groups in total. The minimum atomic E-state index is -1.03. The molecule has 0 radical (unpaired) electrons. The Labute approximate surface area is 139 Å². The lowest BCUT2D eigenvalue weighted by atomic mass is 10.1. The van der Waals surface area contributed by atoms with Gasteiger partial charge >= 0.3 is 5.97 Å². The molecule has 1 atom stereocenters. The minimum Gasteiger partial charge on any atom is -0.480 e. The van der Waals surface area contributed by atoms with Crippen molar-refractivity contribution in [2.45, 2.75) is 32.2 Å². The number of hydrogen-bond acceptors (Lipinski definition) is 3. The van der Waals surface area contributed by atoms with Crippen molar-refractivity contribution in [2.75, 3.05) is 0 Å². The van der Waals surface area contributed by atoms with Crippen LogP contribution in [0.2, 0.25) is 5.02 Å². The molecule has 0 saturated carbocycles. The van der Waals surface area contributed by atoms with Gasteiger partial charge in [0.15, 0.2) is 0 Å². The van der Waals surface area contributed by atoms with Crippen LogP contribution < -0.4 is 5.32 Å². The highest BCUT2D eigenvalue weighted by atomic mass is 35.5. The molecule has 2 rings (SSSR count). The molecule has 1 aromatic carbocycles. The molecular formula is C16H18ClN3O3. The van der Waals surface area contributed by atoms with E-state index in [1.165, 1.54) is 10.9 Å². The summed E-state index contributed by atoms with van der Waals surface area (Å²) in [7, 11) is 0. The highest BCUT2D eigenvalue weighted by molar-refractivity contribution is 6.30. The predicted molar refractivity (Wildman–Crippen MR) is 87.0 cm³/mol. The fraction of sp³-hybridized carbons (Fsp3) is 0.312. The van der Waals surface area contributed by atoms with Crippen LogP contribution in [0.15, 0.2) is 36.7 Å². The summed E-state index contributed by atoms with van der Waals surface area (Å²) in [5.41, 5.74) is 1.02. The molecule has 122 valence electrons.